The summed E-state index contributed by atoms with van der Waals surface area (Å²) in [5.74, 6) is 1.20. The van der Waals surface area contributed by atoms with E-state index >= 15 is 0 Å². The molecule has 0 spiro atoms. The highest BCUT2D eigenvalue weighted by Crippen LogP contribution is 2.18. The highest BCUT2D eigenvalue weighted by Gasteiger charge is 2.11. The Bertz CT molecular complexity index is 566. The van der Waals surface area contributed by atoms with Crippen LogP contribution in [0.5, 0.6) is 0 Å². The van der Waals surface area contributed by atoms with Gasteiger partial charge in [0.15, 0.2) is 5.82 Å². The van der Waals surface area contributed by atoms with Gasteiger partial charge in [-0.25, -0.2) is 9.97 Å². The second-order valence-corrected chi connectivity index (χ2v) is 4.92. The molecule has 6 heteroatoms. The minimum atomic E-state index is 0.0358. The van der Waals surface area contributed by atoms with Crippen LogP contribution in [0.25, 0.3) is 0 Å². The maximum atomic E-state index is 9.28. The van der Waals surface area contributed by atoms with Crippen LogP contribution in [0.15, 0.2) is 36.4 Å². The van der Waals surface area contributed by atoms with Gasteiger partial charge in [-0.1, -0.05) is 41.9 Å². The van der Waals surface area contributed by atoms with Crippen LogP contribution < -0.4 is 4.90 Å². The lowest BCUT2D eigenvalue weighted by molar-refractivity contribution is 0.178. The van der Waals surface area contributed by atoms with Crippen LogP contribution in [0.4, 0.5) is 5.82 Å². The molecule has 1 N–H and O–H groups in total. The first kappa shape index (κ1) is 15.7. The summed E-state index contributed by atoms with van der Waals surface area (Å²) in [6.45, 7) is 1.44. The van der Waals surface area contributed by atoms with E-state index in [9.17, 15) is 5.11 Å². The molecule has 0 bridgehead atoms. The quantitative estimate of drug-likeness (QED) is 0.795. The molecule has 0 aliphatic heterocycles. The van der Waals surface area contributed by atoms with Crippen LogP contribution in [0.1, 0.15) is 11.4 Å². The largest absolute Gasteiger partial charge is 0.395 e. The molecular formula is C15H18ClN3O2. The highest BCUT2D eigenvalue weighted by molar-refractivity contribution is 6.29. The predicted molar refractivity (Wildman–Crippen MR) is 82.3 cm³/mol. The molecule has 1 aromatic heterocycles. The molecule has 0 saturated heterocycles. The van der Waals surface area contributed by atoms with E-state index < -0.39 is 0 Å². The maximum absolute atomic E-state index is 9.28. The van der Waals surface area contributed by atoms with Gasteiger partial charge in [0.1, 0.15) is 17.6 Å². The van der Waals surface area contributed by atoms with Crippen LogP contribution in [-0.2, 0) is 17.9 Å². The van der Waals surface area contributed by atoms with Crippen molar-refractivity contribution in [2.45, 2.75) is 13.2 Å². The van der Waals surface area contributed by atoms with Crippen molar-refractivity contribution in [3.05, 3.63) is 52.9 Å². The molecule has 1 aromatic carbocycles. The van der Waals surface area contributed by atoms with E-state index in [1.165, 1.54) is 0 Å². The summed E-state index contributed by atoms with van der Waals surface area (Å²) in [7, 11) is 1.58. The molecule has 0 unspecified atom stereocenters. The number of hydrogen-bond acceptors (Lipinski definition) is 5. The number of ether oxygens (including phenoxy) is 1. The Morgan fingerprint density at radius 1 is 1.24 bits per heavy atom. The standard InChI is InChI=1S/C15H18ClN3O2/c1-21-11-14-17-13(16)9-15(18-14)19(7-8-20)10-12-5-3-2-4-6-12/h2-6,9,20H,7-8,10-11H2,1H3. The van der Waals surface area contributed by atoms with Crippen molar-refractivity contribution in [3.8, 4) is 0 Å². The molecule has 0 radical (unpaired) electrons. The summed E-state index contributed by atoms with van der Waals surface area (Å²) in [4.78, 5) is 10.5. The third kappa shape index (κ3) is 4.67. The van der Waals surface area contributed by atoms with Gasteiger partial charge in [0.25, 0.3) is 0 Å². The van der Waals surface area contributed by atoms with Gasteiger partial charge in [-0.2, -0.15) is 0 Å². The smallest absolute Gasteiger partial charge is 0.158 e. The fourth-order valence-corrected chi connectivity index (χ4v) is 2.20. The van der Waals surface area contributed by atoms with E-state index in [1.807, 2.05) is 35.2 Å². The monoisotopic (exact) mass is 307 g/mol. The first-order valence-corrected chi connectivity index (χ1v) is 7.03. The average Bonchev–Trinajstić information content (AvgIpc) is 2.48. The lowest BCUT2D eigenvalue weighted by Gasteiger charge is -2.23. The third-order valence-electron chi connectivity index (χ3n) is 2.91. The van der Waals surface area contributed by atoms with Gasteiger partial charge in [0, 0.05) is 26.3 Å². The van der Waals surface area contributed by atoms with Crippen LogP contribution in [-0.4, -0.2) is 35.3 Å². The third-order valence-corrected chi connectivity index (χ3v) is 3.10. The summed E-state index contributed by atoms with van der Waals surface area (Å²) in [5, 5.41) is 9.64. The number of aliphatic hydroxyl groups excluding tert-OH is 1. The number of aliphatic hydroxyl groups is 1. The van der Waals surface area contributed by atoms with Gasteiger partial charge < -0.3 is 14.7 Å². The molecule has 0 saturated carbocycles. The maximum Gasteiger partial charge on any atom is 0.158 e. The van der Waals surface area contributed by atoms with E-state index in [1.54, 1.807) is 13.2 Å². The van der Waals surface area contributed by atoms with E-state index in [-0.39, 0.29) is 6.61 Å². The Kier molecular flexibility index (Phi) is 5.92. The molecule has 0 aliphatic carbocycles. The van der Waals surface area contributed by atoms with Crippen molar-refractivity contribution in [3.63, 3.8) is 0 Å². The zero-order valence-electron chi connectivity index (χ0n) is 11.9. The van der Waals surface area contributed by atoms with Gasteiger partial charge in [0.2, 0.25) is 0 Å². The van der Waals surface area contributed by atoms with Crippen LogP contribution in [0.3, 0.4) is 0 Å². The number of aromatic nitrogens is 2. The van der Waals surface area contributed by atoms with Crippen molar-refractivity contribution in [1.29, 1.82) is 0 Å². The van der Waals surface area contributed by atoms with Gasteiger partial charge in [0.05, 0.1) is 6.61 Å². The normalized spacial score (nSPS) is 10.6. The molecule has 5 nitrogen and oxygen atoms in total. The Balaban J connectivity index is 2.24. The molecule has 2 aromatic rings. The van der Waals surface area contributed by atoms with Gasteiger partial charge >= 0.3 is 0 Å². The molecule has 21 heavy (non-hydrogen) atoms. The molecular weight excluding hydrogens is 290 g/mol. The molecule has 0 atom stereocenters. The Morgan fingerprint density at radius 3 is 2.67 bits per heavy atom. The van der Waals surface area contributed by atoms with Gasteiger partial charge in [-0.3, -0.25) is 0 Å². The molecule has 2 rings (SSSR count). The van der Waals surface area contributed by atoms with Crippen LogP contribution in [0, 0.1) is 0 Å². The number of benzene rings is 1. The summed E-state index contributed by atoms with van der Waals surface area (Å²) in [5.41, 5.74) is 1.13. The number of hydrogen-bond donors (Lipinski definition) is 1. The van der Waals surface area contributed by atoms with Crippen molar-refractivity contribution in [2.24, 2.45) is 0 Å². The Morgan fingerprint density at radius 2 is 2.00 bits per heavy atom. The lowest BCUT2D eigenvalue weighted by atomic mass is 10.2. The van der Waals surface area contributed by atoms with Crippen molar-refractivity contribution >= 4 is 17.4 Å². The topological polar surface area (TPSA) is 58.5 Å². The highest BCUT2D eigenvalue weighted by atomic mass is 35.5. The summed E-state index contributed by atoms with van der Waals surface area (Å²) >= 11 is 6.04. The van der Waals surface area contributed by atoms with Crippen LogP contribution in [0.2, 0.25) is 5.15 Å². The Hall–Kier alpha value is -1.69. The first-order chi connectivity index (χ1) is 10.2. The SMILES string of the molecule is COCc1nc(Cl)cc(N(CCO)Cc2ccccc2)n1. The zero-order valence-corrected chi connectivity index (χ0v) is 12.6. The molecule has 0 fully saturated rings. The number of anilines is 1. The van der Waals surface area contributed by atoms with E-state index in [2.05, 4.69) is 9.97 Å². The van der Waals surface area contributed by atoms with Gasteiger partial charge in [-0.15, -0.1) is 0 Å². The van der Waals surface area contributed by atoms with E-state index in [0.29, 0.717) is 36.5 Å². The second-order valence-electron chi connectivity index (χ2n) is 4.53. The molecule has 1 heterocycles. The van der Waals surface area contributed by atoms with Crippen molar-refractivity contribution < 1.29 is 9.84 Å². The number of nitrogens with zero attached hydrogens (tertiary/aromatic N) is 3. The second kappa shape index (κ2) is 7.93. The minimum Gasteiger partial charge on any atom is -0.395 e. The van der Waals surface area contributed by atoms with Crippen molar-refractivity contribution in [2.75, 3.05) is 25.2 Å². The number of halogens is 1. The summed E-state index contributed by atoms with van der Waals surface area (Å²) in [6, 6.07) is 11.7. The Labute approximate surface area is 129 Å². The van der Waals surface area contributed by atoms with Gasteiger partial charge in [-0.05, 0) is 5.56 Å². The average molecular weight is 308 g/mol. The van der Waals surface area contributed by atoms with Crippen LogP contribution >= 0.6 is 11.6 Å². The number of methoxy groups -OCH3 is 1. The van der Waals surface area contributed by atoms with Crippen molar-refractivity contribution in [1.82, 2.24) is 9.97 Å². The fourth-order valence-electron chi connectivity index (χ4n) is 2.01. The zero-order chi connectivity index (χ0) is 15.1. The first-order valence-electron chi connectivity index (χ1n) is 6.65. The fraction of sp³-hybridized carbons (Fsp3) is 0.333. The number of rotatable bonds is 7. The van der Waals surface area contributed by atoms with E-state index in [4.69, 9.17) is 16.3 Å². The molecule has 0 amide bonds. The lowest BCUT2D eigenvalue weighted by Crippen LogP contribution is -2.27. The molecule has 0 aliphatic rings. The predicted octanol–water partition coefficient (Wildman–Crippen LogP) is 2.28. The molecule has 112 valence electrons. The summed E-state index contributed by atoms with van der Waals surface area (Å²) in [6.07, 6.45) is 0. The minimum absolute atomic E-state index is 0.0358. The van der Waals surface area contributed by atoms with E-state index in [0.717, 1.165) is 5.56 Å². The summed E-state index contributed by atoms with van der Waals surface area (Å²) < 4.78 is 5.04.